The van der Waals surface area contributed by atoms with Gasteiger partial charge < -0.3 is 14.8 Å². The maximum atomic E-state index is 12.0. The summed E-state index contributed by atoms with van der Waals surface area (Å²) in [6.45, 7) is 4.20. The summed E-state index contributed by atoms with van der Waals surface area (Å²) < 4.78 is 10.8. The van der Waals surface area contributed by atoms with Crippen molar-refractivity contribution in [3.05, 3.63) is 60.2 Å². The third kappa shape index (κ3) is 7.38. The van der Waals surface area contributed by atoms with Crippen molar-refractivity contribution >= 4 is 17.6 Å². The largest absolute Gasteiger partial charge is 0.491 e. The number of esters is 1. The highest BCUT2D eigenvalue weighted by molar-refractivity contribution is 5.92. The van der Waals surface area contributed by atoms with Crippen molar-refractivity contribution in [2.45, 2.75) is 39.2 Å². The minimum absolute atomic E-state index is 0.0583. The highest BCUT2D eigenvalue weighted by Crippen LogP contribution is 2.18. The molecule has 26 heavy (non-hydrogen) atoms. The van der Waals surface area contributed by atoms with Crippen molar-refractivity contribution in [2.24, 2.45) is 0 Å². The molecule has 0 saturated heterocycles. The molecular formula is C21H25NO4. The fourth-order valence-corrected chi connectivity index (χ4v) is 2.36. The summed E-state index contributed by atoms with van der Waals surface area (Å²) in [5, 5.41) is 2.77. The third-order valence-corrected chi connectivity index (χ3v) is 3.54. The third-order valence-electron chi connectivity index (χ3n) is 3.54. The second kappa shape index (κ2) is 10.2. The van der Waals surface area contributed by atoms with Crippen LogP contribution in [0.3, 0.4) is 0 Å². The number of amides is 1. The zero-order valence-electron chi connectivity index (χ0n) is 15.2. The Morgan fingerprint density at radius 3 is 2.50 bits per heavy atom. The van der Waals surface area contributed by atoms with Crippen LogP contribution in [0.15, 0.2) is 54.6 Å². The predicted molar refractivity (Wildman–Crippen MR) is 101 cm³/mol. The average molecular weight is 355 g/mol. The molecule has 138 valence electrons. The van der Waals surface area contributed by atoms with Crippen molar-refractivity contribution in [2.75, 3.05) is 11.9 Å². The fraction of sp³-hybridized carbons (Fsp3) is 0.333. The van der Waals surface area contributed by atoms with Gasteiger partial charge in [-0.3, -0.25) is 9.59 Å². The minimum Gasteiger partial charge on any atom is -0.491 e. The van der Waals surface area contributed by atoms with Crippen molar-refractivity contribution in [1.82, 2.24) is 0 Å². The number of rotatable bonds is 9. The summed E-state index contributed by atoms with van der Waals surface area (Å²) in [7, 11) is 0. The lowest BCUT2D eigenvalue weighted by atomic mass is 10.2. The SMILES string of the molecule is CC(C)Oc1cccc(NC(=O)CCC(=O)OCCc2ccccc2)c1. The van der Waals surface area contributed by atoms with Gasteiger partial charge in [0.05, 0.1) is 19.1 Å². The second-order valence-electron chi connectivity index (χ2n) is 6.20. The molecule has 0 spiro atoms. The summed E-state index contributed by atoms with van der Waals surface area (Å²) in [5.74, 6) is 0.0952. The first-order chi connectivity index (χ1) is 12.5. The van der Waals surface area contributed by atoms with Crippen LogP contribution in [0.2, 0.25) is 0 Å². The highest BCUT2D eigenvalue weighted by Gasteiger charge is 2.09. The molecule has 0 aliphatic rings. The Hall–Kier alpha value is -2.82. The topological polar surface area (TPSA) is 64.6 Å². The van der Waals surface area contributed by atoms with E-state index in [1.807, 2.05) is 56.3 Å². The number of benzene rings is 2. The Balaban J connectivity index is 1.68. The number of anilines is 1. The zero-order chi connectivity index (χ0) is 18.8. The average Bonchev–Trinajstić information content (AvgIpc) is 2.61. The summed E-state index contributed by atoms with van der Waals surface area (Å²) in [4.78, 5) is 23.7. The molecular weight excluding hydrogens is 330 g/mol. The minimum atomic E-state index is -0.368. The van der Waals surface area contributed by atoms with Gasteiger partial charge in [0, 0.05) is 24.6 Å². The van der Waals surface area contributed by atoms with E-state index in [2.05, 4.69) is 5.32 Å². The van der Waals surface area contributed by atoms with Gasteiger partial charge in [-0.15, -0.1) is 0 Å². The quantitative estimate of drug-likeness (QED) is 0.691. The molecule has 2 aromatic carbocycles. The van der Waals surface area contributed by atoms with Gasteiger partial charge in [0.2, 0.25) is 5.91 Å². The van der Waals surface area contributed by atoms with E-state index >= 15 is 0 Å². The second-order valence-corrected chi connectivity index (χ2v) is 6.20. The van der Waals surface area contributed by atoms with Gasteiger partial charge in [-0.05, 0) is 31.5 Å². The Morgan fingerprint density at radius 1 is 1.00 bits per heavy atom. The molecule has 0 aliphatic carbocycles. The summed E-state index contributed by atoms with van der Waals surface area (Å²) in [5.41, 5.74) is 1.76. The summed E-state index contributed by atoms with van der Waals surface area (Å²) in [6.07, 6.45) is 0.871. The van der Waals surface area contributed by atoms with Crippen LogP contribution >= 0.6 is 0 Å². The van der Waals surface area contributed by atoms with Crippen molar-refractivity contribution in [3.8, 4) is 5.75 Å². The molecule has 0 aliphatic heterocycles. The van der Waals surface area contributed by atoms with E-state index in [0.717, 1.165) is 5.56 Å². The van der Waals surface area contributed by atoms with Crippen LogP contribution in [-0.4, -0.2) is 24.6 Å². The Bertz CT molecular complexity index is 713. The Kier molecular flexibility index (Phi) is 7.68. The smallest absolute Gasteiger partial charge is 0.306 e. The molecule has 2 rings (SSSR count). The van der Waals surface area contributed by atoms with Crippen molar-refractivity contribution in [1.29, 1.82) is 0 Å². The summed E-state index contributed by atoms with van der Waals surface area (Å²) in [6, 6.07) is 17.0. The molecule has 0 atom stereocenters. The lowest BCUT2D eigenvalue weighted by molar-refractivity contribution is -0.144. The standard InChI is InChI=1S/C21H25NO4/c1-16(2)26-19-10-6-9-18(15-19)22-20(23)11-12-21(24)25-14-13-17-7-4-3-5-8-17/h3-10,15-16H,11-14H2,1-2H3,(H,22,23). The monoisotopic (exact) mass is 355 g/mol. The Morgan fingerprint density at radius 2 is 1.77 bits per heavy atom. The van der Waals surface area contributed by atoms with Crippen LogP contribution in [0.25, 0.3) is 0 Å². The van der Waals surface area contributed by atoms with Gasteiger partial charge in [0.15, 0.2) is 0 Å². The van der Waals surface area contributed by atoms with Gasteiger partial charge in [0.25, 0.3) is 0 Å². The molecule has 0 saturated carbocycles. The van der Waals surface area contributed by atoms with Crippen LogP contribution in [0.4, 0.5) is 5.69 Å². The van der Waals surface area contributed by atoms with E-state index in [-0.39, 0.29) is 30.8 Å². The van der Waals surface area contributed by atoms with Crippen LogP contribution in [0, 0.1) is 0 Å². The van der Waals surface area contributed by atoms with E-state index in [9.17, 15) is 9.59 Å². The molecule has 0 radical (unpaired) electrons. The summed E-state index contributed by atoms with van der Waals surface area (Å²) >= 11 is 0. The lowest BCUT2D eigenvalue weighted by Crippen LogP contribution is -2.15. The molecule has 5 heteroatoms. The number of hydrogen-bond donors (Lipinski definition) is 1. The predicted octanol–water partition coefficient (Wildman–Crippen LogP) is 3.98. The first-order valence-corrected chi connectivity index (χ1v) is 8.79. The van der Waals surface area contributed by atoms with Gasteiger partial charge in [-0.2, -0.15) is 0 Å². The van der Waals surface area contributed by atoms with Crippen LogP contribution in [0.5, 0.6) is 5.75 Å². The van der Waals surface area contributed by atoms with Crippen molar-refractivity contribution < 1.29 is 19.1 Å². The molecule has 1 N–H and O–H groups in total. The zero-order valence-corrected chi connectivity index (χ0v) is 15.2. The van der Waals surface area contributed by atoms with Gasteiger partial charge >= 0.3 is 5.97 Å². The van der Waals surface area contributed by atoms with Crippen LogP contribution < -0.4 is 10.1 Å². The number of carbonyl (C=O) groups is 2. The first-order valence-electron chi connectivity index (χ1n) is 8.79. The molecule has 1 amide bonds. The molecule has 0 unspecified atom stereocenters. The van der Waals surface area contributed by atoms with E-state index in [1.54, 1.807) is 12.1 Å². The maximum absolute atomic E-state index is 12.0. The van der Waals surface area contributed by atoms with Crippen LogP contribution in [-0.2, 0) is 20.7 Å². The highest BCUT2D eigenvalue weighted by atomic mass is 16.5. The Labute approximate surface area is 154 Å². The molecule has 0 fully saturated rings. The number of ether oxygens (including phenoxy) is 2. The normalized spacial score (nSPS) is 10.4. The molecule has 0 bridgehead atoms. The first kappa shape index (κ1) is 19.5. The molecule has 5 nitrogen and oxygen atoms in total. The molecule has 0 aromatic heterocycles. The number of hydrogen-bond acceptors (Lipinski definition) is 4. The number of carbonyl (C=O) groups excluding carboxylic acids is 2. The van der Waals surface area contributed by atoms with E-state index in [0.29, 0.717) is 24.5 Å². The van der Waals surface area contributed by atoms with Gasteiger partial charge in [-0.1, -0.05) is 36.4 Å². The van der Waals surface area contributed by atoms with E-state index in [1.165, 1.54) is 0 Å². The van der Waals surface area contributed by atoms with E-state index < -0.39 is 0 Å². The maximum Gasteiger partial charge on any atom is 0.306 e. The van der Waals surface area contributed by atoms with Gasteiger partial charge in [0.1, 0.15) is 5.75 Å². The fourth-order valence-electron chi connectivity index (χ4n) is 2.36. The molecule has 0 heterocycles. The van der Waals surface area contributed by atoms with E-state index in [4.69, 9.17) is 9.47 Å². The lowest BCUT2D eigenvalue weighted by Gasteiger charge is -2.11. The van der Waals surface area contributed by atoms with Crippen molar-refractivity contribution in [3.63, 3.8) is 0 Å². The molecule has 2 aromatic rings. The number of nitrogens with one attached hydrogen (secondary N) is 1. The van der Waals surface area contributed by atoms with Gasteiger partial charge in [-0.25, -0.2) is 0 Å². The van der Waals surface area contributed by atoms with Crippen LogP contribution in [0.1, 0.15) is 32.3 Å².